The molecule has 0 saturated carbocycles. The van der Waals surface area contributed by atoms with Crippen molar-refractivity contribution in [3.63, 3.8) is 0 Å². The fourth-order valence-corrected chi connectivity index (χ4v) is 3.72. The topological polar surface area (TPSA) is 58.5 Å². The zero-order valence-electron chi connectivity index (χ0n) is 19.7. The van der Waals surface area contributed by atoms with Crippen molar-refractivity contribution in [1.29, 1.82) is 0 Å². The van der Waals surface area contributed by atoms with Gasteiger partial charge in [-0.1, -0.05) is 32.9 Å². The van der Waals surface area contributed by atoms with Gasteiger partial charge in [0, 0.05) is 42.1 Å². The van der Waals surface area contributed by atoms with Gasteiger partial charge in [0.2, 0.25) is 0 Å². The molecule has 0 amide bonds. The van der Waals surface area contributed by atoms with E-state index < -0.39 is 0 Å². The molecule has 0 aliphatic carbocycles. The van der Waals surface area contributed by atoms with Gasteiger partial charge >= 0.3 is 17.1 Å². The second-order valence-electron chi connectivity index (χ2n) is 9.12. The first-order valence-electron chi connectivity index (χ1n) is 10.6. The molecule has 0 atom stereocenters. The molecule has 6 heteroatoms. The molecule has 3 aromatic rings. The predicted octanol–water partition coefficient (Wildman–Crippen LogP) is 5.31. The van der Waals surface area contributed by atoms with Gasteiger partial charge in [0.15, 0.2) is 0 Å². The number of phenols is 1. The number of hydrogen-bond acceptors (Lipinski definition) is 5. The number of benzene rings is 1. The number of hydrogen-bond donors (Lipinski definition) is 1. The molecular formula is C26H33CuN3O2+2. The Labute approximate surface area is 202 Å². The summed E-state index contributed by atoms with van der Waals surface area (Å²) in [6, 6.07) is 16.0. The Hall–Kier alpha value is -2.40. The normalized spacial score (nSPS) is 11.3. The third-order valence-corrected chi connectivity index (χ3v) is 5.26. The van der Waals surface area contributed by atoms with Crippen LogP contribution in [0.3, 0.4) is 0 Å². The summed E-state index contributed by atoms with van der Waals surface area (Å²) in [5.41, 5.74) is 5.48. The Morgan fingerprint density at radius 2 is 1.41 bits per heavy atom. The maximum Gasteiger partial charge on any atom is 2.00 e. The van der Waals surface area contributed by atoms with Crippen LogP contribution in [0.25, 0.3) is 0 Å². The van der Waals surface area contributed by atoms with Crippen molar-refractivity contribution < 1.29 is 26.9 Å². The summed E-state index contributed by atoms with van der Waals surface area (Å²) >= 11 is 0. The van der Waals surface area contributed by atoms with E-state index in [0.29, 0.717) is 25.4 Å². The van der Waals surface area contributed by atoms with E-state index in [1.165, 1.54) is 0 Å². The van der Waals surface area contributed by atoms with E-state index in [1.54, 1.807) is 7.11 Å². The fourth-order valence-electron chi connectivity index (χ4n) is 3.72. The van der Waals surface area contributed by atoms with Crippen molar-refractivity contribution in [1.82, 2.24) is 14.9 Å². The first kappa shape index (κ1) is 25.9. The van der Waals surface area contributed by atoms with Gasteiger partial charge in [0.1, 0.15) is 11.5 Å². The smallest absolute Gasteiger partial charge is 0.507 e. The van der Waals surface area contributed by atoms with E-state index in [-0.39, 0.29) is 22.5 Å². The van der Waals surface area contributed by atoms with Crippen LogP contribution in [0.4, 0.5) is 0 Å². The number of aryl methyl sites for hydroxylation is 2. The minimum absolute atomic E-state index is 0. The molecule has 0 fully saturated rings. The molecule has 5 nitrogen and oxygen atoms in total. The Kier molecular flexibility index (Phi) is 8.85. The molecule has 0 bridgehead atoms. The van der Waals surface area contributed by atoms with Crippen LogP contribution >= 0.6 is 0 Å². The largest absolute Gasteiger partial charge is 2.00 e. The molecule has 0 saturated heterocycles. The Balaban J connectivity index is 0.00000363. The molecule has 1 radical (unpaired) electrons. The van der Waals surface area contributed by atoms with Gasteiger partial charge in [-0.2, -0.15) is 0 Å². The fraction of sp³-hybridized carbons (Fsp3) is 0.385. The van der Waals surface area contributed by atoms with E-state index in [9.17, 15) is 5.11 Å². The summed E-state index contributed by atoms with van der Waals surface area (Å²) in [5, 5.41) is 11.1. The van der Waals surface area contributed by atoms with Crippen LogP contribution in [-0.2, 0) is 42.1 Å². The molecule has 1 N–H and O–H groups in total. The Bertz CT molecular complexity index is 1000. The zero-order valence-corrected chi connectivity index (χ0v) is 20.7. The predicted molar refractivity (Wildman–Crippen MR) is 124 cm³/mol. The number of aromatic nitrogens is 2. The van der Waals surface area contributed by atoms with E-state index in [2.05, 4.69) is 35.6 Å². The van der Waals surface area contributed by atoms with Crippen molar-refractivity contribution >= 4 is 0 Å². The molecule has 2 heterocycles. The average molecular weight is 483 g/mol. The molecule has 0 aliphatic heterocycles. The number of nitrogens with zero attached hydrogens (tertiary/aromatic N) is 3. The molecule has 173 valence electrons. The van der Waals surface area contributed by atoms with Gasteiger partial charge in [-0.15, -0.1) is 0 Å². The van der Waals surface area contributed by atoms with Gasteiger partial charge in [0.05, 0.1) is 18.5 Å². The molecule has 3 rings (SSSR count). The maximum atomic E-state index is 11.1. The van der Waals surface area contributed by atoms with Crippen molar-refractivity contribution in [2.45, 2.75) is 59.7 Å². The zero-order chi connectivity index (χ0) is 22.6. The summed E-state index contributed by atoms with van der Waals surface area (Å²) in [6.45, 7) is 12.1. The van der Waals surface area contributed by atoms with Gasteiger partial charge in [0.25, 0.3) is 0 Å². The second-order valence-corrected chi connectivity index (χ2v) is 9.12. The summed E-state index contributed by atoms with van der Waals surface area (Å²) in [6.07, 6.45) is 0. The first-order chi connectivity index (χ1) is 14.7. The van der Waals surface area contributed by atoms with Crippen LogP contribution in [0.1, 0.15) is 54.7 Å². The monoisotopic (exact) mass is 482 g/mol. The minimum atomic E-state index is -0.200. The second kappa shape index (κ2) is 11.0. The van der Waals surface area contributed by atoms with Crippen LogP contribution in [0.15, 0.2) is 48.5 Å². The number of methoxy groups -OCH3 is 1. The average Bonchev–Trinajstić information content (AvgIpc) is 2.68. The molecule has 0 unspecified atom stereocenters. The number of pyridine rings is 2. The van der Waals surface area contributed by atoms with Crippen molar-refractivity contribution in [3.05, 3.63) is 82.4 Å². The SMILES string of the molecule is COc1cc(CN(Cc2cccc(C)n2)Cc2cccc(C)n2)c(O)c(C(C)(C)C)c1.[Cu+2]. The molecule has 32 heavy (non-hydrogen) atoms. The molecular weight excluding hydrogens is 450 g/mol. The number of rotatable bonds is 7. The first-order valence-corrected chi connectivity index (χ1v) is 10.6. The van der Waals surface area contributed by atoms with Crippen molar-refractivity contribution in [2.75, 3.05) is 7.11 Å². The molecule has 2 aromatic heterocycles. The van der Waals surface area contributed by atoms with Crippen molar-refractivity contribution in [2.24, 2.45) is 0 Å². The maximum absolute atomic E-state index is 11.1. The van der Waals surface area contributed by atoms with Crippen LogP contribution in [-0.4, -0.2) is 27.1 Å². The van der Waals surface area contributed by atoms with Crippen LogP contribution < -0.4 is 4.74 Å². The van der Waals surface area contributed by atoms with Gasteiger partial charge in [-0.3, -0.25) is 14.9 Å². The van der Waals surface area contributed by atoms with Gasteiger partial charge in [-0.25, -0.2) is 0 Å². The van der Waals surface area contributed by atoms with Crippen molar-refractivity contribution in [3.8, 4) is 11.5 Å². The van der Waals surface area contributed by atoms with E-state index in [4.69, 9.17) is 4.74 Å². The van der Waals surface area contributed by atoms with Crippen LogP contribution in [0.2, 0.25) is 0 Å². The number of phenolic OH excluding ortho intramolecular Hbond substituents is 1. The van der Waals surface area contributed by atoms with Gasteiger partial charge in [-0.05, 0) is 55.7 Å². The molecule has 1 aromatic carbocycles. The minimum Gasteiger partial charge on any atom is -0.507 e. The number of aromatic hydroxyl groups is 1. The van der Waals surface area contributed by atoms with Crippen LogP contribution in [0, 0.1) is 13.8 Å². The van der Waals surface area contributed by atoms with Gasteiger partial charge < -0.3 is 9.84 Å². The van der Waals surface area contributed by atoms with E-state index in [0.717, 1.165) is 39.7 Å². The number of ether oxygens (including phenoxy) is 1. The summed E-state index contributed by atoms with van der Waals surface area (Å²) < 4.78 is 5.54. The molecule has 0 spiro atoms. The standard InChI is InChI=1S/C26H33N3O2.Cu/c1-18-9-7-11-21(27-18)16-29(17-22-12-8-10-19(2)28-22)15-20-13-23(31-6)14-24(25(20)30)26(3,4)5;/h7-14,30H,15-17H2,1-6H3;/q;+2. The third-order valence-electron chi connectivity index (χ3n) is 5.26. The Morgan fingerprint density at radius 1 is 0.875 bits per heavy atom. The van der Waals surface area contributed by atoms with Crippen LogP contribution in [0.5, 0.6) is 11.5 Å². The summed E-state index contributed by atoms with van der Waals surface area (Å²) in [7, 11) is 1.66. The summed E-state index contributed by atoms with van der Waals surface area (Å²) in [4.78, 5) is 11.6. The third kappa shape index (κ3) is 6.80. The molecule has 0 aliphatic rings. The summed E-state index contributed by atoms with van der Waals surface area (Å²) in [5.74, 6) is 1.08. The van der Waals surface area contributed by atoms with E-state index in [1.807, 2.05) is 62.4 Å². The van der Waals surface area contributed by atoms with E-state index >= 15 is 0 Å². The Morgan fingerprint density at radius 3 is 1.84 bits per heavy atom. The quantitative estimate of drug-likeness (QED) is 0.463.